The third-order valence-corrected chi connectivity index (χ3v) is 3.43. The number of nitrogens with zero attached hydrogens (tertiary/aromatic N) is 4. The lowest BCUT2D eigenvalue weighted by Crippen LogP contribution is -2.26. The molecule has 1 N–H and O–H groups in total. The number of rotatable bonds is 4. The normalized spacial score (nSPS) is 10.5. The van der Waals surface area contributed by atoms with Crippen LogP contribution in [0.3, 0.4) is 0 Å². The van der Waals surface area contributed by atoms with Gasteiger partial charge in [0.15, 0.2) is 5.69 Å². The fourth-order valence-electron chi connectivity index (χ4n) is 1.36. The lowest BCUT2D eigenvalue weighted by atomic mass is 10.4. The first-order chi connectivity index (χ1) is 8.20. The predicted octanol–water partition coefficient (Wildman–Crippen LogP) is 1.10. The second kappa shape index (κ2) is 5.05. The highest BCUT2D eigenvalue weighted by Crippen LogP contribution is 2.15. The maximum atomic E-state index is 11.9. The van der Waals surface area contributed by atoms with E-state index in [0.717, 1.165) is 11.4 Å². The van der Waals surface area contributed by atoms with Crippen LogP contribution < -0.4 is 0 Å². The largest absolute Gasteiger partial charge is 0.334 e. The fraction of sp³-hybridized carbons (Fsp3) is 0.400. The Labute approximate surface area is 103 Å². The molecule has 0 aliphatic carbocycles. The van der Waals surface area contributed by atoms with E-state index >= 15 is 0 Å². The van der Waals surface area contributed by atoms with Gasteiger partial charge < -0.3 is 4.90 Å². The summed E-state index contributed by atoms with van der Waals surface area (Å²) >= 11 is 1.63. The van der Waals surface area contributed by atoms with Crippen LogP contribution >= 0.6 is 11.3 Å². The van der Waals surface area contributed by atoms with Gasteiger partial charge in [-0.3, -0.25) is 4.79 Å². The lowest BCUT2D eigenvalue weighted by Gasteiger charge is -2.13. The highest BCUT2D eigenvalue weighted by atomic mass is 32.1. The molecule has 2 aromatic rings. The molecular formula is C10H13N5OS. The first-order valence-corrected chi connectivity index (χ1v) is 6.07. The summed E-state index contributed by atoms with van der Waals surface area (Å²) in [5.74, 6) is -0.160. The summed E-state index contributed by atoms with van der Waals surface area (Å²) in [6.07, 6.45) is 4.24. The van der Waals surface area contributed by atoms with Crippen molar-refractivity contribution >= 4 is 17.2 Å². The van der Waals surface area contributed by atoms with E-state index < -0.39 is 0 Å². The van der Waals surface area contributed by atoms with Gasteiger partial charge in [0, 0.05) is 18.1 Å². The summed E-state index contributed by atoms with van der Waals surface area (Å²) in [4.78, 5) is 18.9. The Kier molecular flexibility index (Phi) is 3.48. The Balaban J connectivity index is 2.01. The average molecular weight is 251 g/mol. The number of aryl methyl sites for hydroxylation is 1. The molecule has 17 heavy (non-hydrogen) atoms. The van der Waals surface area contributed by atoms with Gasteiger partial charge >= 0.3 is 0 Å². The van der Waals surface area contributed by atoms with Gasteiger partial charge in [-0.2, -0.15) is 15.4 Å². The SMILES string of the molecule is CCc1cnc(CN(C)C(=O)c2cn[nH]n2)s1. The summed E-state index contributed by atoms with van der Waals surface area (Å²) in [7, 11) is 1.73. The fourth-order valence-corrected chi connectivity index (χ4v) is 2.28. The average Bonchev–Trinajstić information content (AvgIpc) is 2.98. The number of aromatic nitrogens is 4. The number of carbonyl (C=O) groups is 1. The van der Waals surface area contributed by atoms with Crippen LogP contribution in [0.5, 0.6) is 0 Å². The molecule has 0 radical (unpaired) electrons. The van der Waals surface area contributed by atoms with Gasteiger partial charge in [-0.1, -0.05) is 6.92 Å². The van der Waals surface area contributed by atoms with E-state index in [2.05, 4.69) is 27.3 Å². The van der Waals surface area contributed by atoms with Crippen LogP contribution in [0, 0.1) is 0 Å². The maximum Gasteiger partial charge on any atom is 0.276 e. The van der Waals surface area contributed by atoms with Crippen molar-refractivity contribution in [2.75, 3.05) is 7.05 Å². The van der Waals surface area contributed by atoms with E-state index in [9.17, 15) is 4.79 Å². The third-order valence-electron chi connectivity index (χ3n) is 2.30. The molecule has 0 unspecified atom stereocenters. The smallest absolute Gasteiger partial charge is 0.276 e. The number of carbonyl (C=O) groups excluding carboxylic acids is 1. The molecule has 6 nitrogen and oxygen atoms in total. The number of H-pyrrole nitrogens is 1. The van der Waals surface area contributed by atoms with Crippen LogP contribution in [0.15, 0.2) is 12.4 Å². The maximum absolute atomic E-state index is 11.9. The minimum Gasteiger partial charge on any atom is -0.334 e. The molecule has 7 heteroatoms. The summed E-state index contributed by atoms with van der Waals surface area (Å²) in [5.41, 5.74) is 0.319. The van der Waals surface area contributed by atoms with Gasteiger partial charge in [0.2, 0.25) is 0 Å². The Hall–Kier alpha value is -1.76. The van der Waals surface area contributed by atoms with E-state index in [0.29, 0.717) is 12.2 Å². The van der Waals surface area contributed by atoms with Crippen LogP contribution in [0.4, 0.5) is 0 Å². The molecule has 2 aromatic heterocycles. The van der Waals surface area contributed by atoms with E-state index in [1.165, 1.54) is 11.1 Å². The second-order valence-electron chi connectivity index (χ2n) is 3.59. The lowest BCUT2D eigenvalue weighted by molar-refractivity contribution is 0.0779. The van der Waals surface area contributed by atoms with Gasteiger partial charge in [-0.15, -0.1) is 11.3 Å². The minimum atomic E-state index is -0.160. The number of hydrogen-bond acceptors (Lipinski definition) is 5. The number of amides is 1. The molecule has 2 heterocycles. The number of aromatic amines is 1. The summed E-state index contributed by atoms with van der Waals surface area (Å²) < 4.78 is 0. The van der Waals surface area contributed by atoms with E-state index in [1.54, 1.807) is 23.3 Å². The number of thiazole rings is 1. The zero-order chi connectivity index (χ0) is 12.3. The third kappa shape index (κ3) is 2.68. The number of nitrogens with one attached hydrogen (secondary N) is 1. The molecule has 0 aliphatic rings. The molecule has 0 bridgehead atoms. The first kappa shape index (κ1) is 11.7. The zero-order valence-electron chi connectivity index (χ0n) is 9.67. The summed E-state index contributed by atoms with van der Waals surface area (Å²) in [5, 5.41) is 10.7. The minimum absolute atomic E-state index is 0.160. The highest BCUT2D eigenvalue weighted by Gasteiger charge is 2.15. The standard InChI is InChI=1S/C10H13N5OS/c1-3-7-4-11-9(17-7)6-15(2)10(16)8-5-12-14-13-8/h4-5H,3,6H2,1-2H3,(H,12,13,14). The van der Waals surface area contributed by atoms with Crippen molar-refractivity contribution in [3.63, 3.8) is 0 Å². The molecule has 0 saturated carbocycles. The zero-order valence-corrected chi connectivity index (χ0v) is 10.5. The van der Waals surface area contributed by atoms with Gasteiger partial charge in [0.25, 0.3) is 5.91 Å². The van der Waals surface area contributed by atoms with Crippen LogP contribution in [-0.2, 0) is 13.0 Å². The van der Waals surface area contributed by atoms with Crippen LogP contribution in [0.1, 0.15) is 27.3 Å². The van der Waals surface area contributed by atoms with Crippen LogP contribution in [-0.4, -0.2) is 38.2 Å². The van der Waals surface area contributed by atoms with Gasteiger partial charge in [0.05, 0.1) is 12.7 Å². The molecule has 0 fully saturated rings. The monoisotopic (exact) mass is 251 g/mol. The highest BCUT2D eigenvalue weighted by molar-refractivity contribution is 7.11. The van der Waals surface area contributed by atoms with Crippen molar-refractivity contribution in [1.29, 1.82) is 0 Å². The molecule has 1 amide bonds. The van der Waals surface area contributed by atoms with Gasteiger partial charge in [-0.05, 0) is 6.42 Å². The molecule has 90 valence electrons. The van der Waals surface area contributed by atoms with Crippen molar-refractivity contribution in [2.45, 2.75) is 19.9 Å². The Morgan fingerprint density at radius 3 is 2.94 bits per heavy atom. The second-order valence-corrected chi connectivity index (χ2v) is 4.79. The molecule has 0 aromatic carbocycles. The summed E-state index contributed by atoms with van der Waals surface area (Å²) in [6, 6.07) is 0. The quantitative estimate of drug-likeness (QED) is 0.882. The molecule has 0 aliphatic heterocycles. The number of hydrogen-bond donors (Lipinski definition) is 1. The van der Waals surface area contributed by atoms with Gasteiger partial charge in [0.1, 0.15) is 5.01 Å². The summed E-state index contributed by atoms with van der Waals surface area (Å²) in [6.45, 7) is 2.58. The van der Waals surface area contributed by atoms with Crippen LogP contribution in [0.2, 0.25) is 0 Å². The van der Waals surface area contributed by atoms with Crippen LogP contribution in [0.25, 0.3) is 0 Å². The van der Waals surface area contributed by atoms with Crippen molar-refractivity contribution in [1.82, 2.24) is 25.3 Å². The van der Waals surface area contributed by atoms with E-state index in [4.69, 9.17) is 0 Å². The Bertz CT molecular complexity index is 493. The topological polar surface area (TPSA) is 74.8 Å². The van der Waals surface area contributed by atoms with Crippen molar-refractivity contribution in [3.05, 3.63) is 28.0 Å². The molecule has 0 spiro atoms. The van der Waals surface area contributed by atoms with E-state index in [-0.39, 0.29) is 5.91 Å². The van der Waals surface area contributed by atoms with Crippen molar-refractivity contribution in [3.8, 4) is 0 Å². The van der Waals surface area contributed by atoms with Crippen molar-refractivity contribution in [2.24, 2.45) is 0 Å². The van der Waals surface area contributed by atoms with Gasteiger partial charge in [-0.25, -0.2) is 4.98 Å². The molecule has 0 atom stereocenters. The molecule has 0 saturated heterocycles. The predicted molar refractivity (Wildman–Crippen MR) is 63.7 cm³/mol. The van der Waals surface area contributed by atoms with E-state index in [1.807, 2.05) is 6.20 Å². The molecule has 2 rings (SSSR count). The van der Waals surface area contributed by atoms with Crippen molar-refractivity contribution < 1.29 is 4.79 Å². The molecular weight excluding hydrogens is 238 g/mol. The Morgan fingerprint density at radius 1 is 1.53 bits per heavy atom. The Morgan fingerprint density at radius 2 is 2.35 bits per heavy atom. The first-order valence-electron chi connectivity index (χ1n) is 5.25.